The average molecular weight is 818 g/mol. The van der Waals surface area contributed by atoms with E-state index in [1.807, 2.05) is 11.3 Å². The van der Waals surface area contributed by atoms with Gasteiger partial charge in [0, 0.05) is 47.8 Å². The molecule has 0 atom stereocenters. The first kappa shape index (κ1) is 34.7. The van der Waals surface area contributed by atoms with E-state index in [0.29, 0.717) is 0 Å². The van der Waals surface area contributed by atoms with Crippen molar-refractivity contribution < 1.29 is 4.42 Å². The molecule has 0 aliphatic carbocycles. The van der Waals surface area contributed by atoms with E-state index in [2.05, 4.69) is 217 Å². The summed E-state index contributed by atoms with van der Waals surface area (Å²) in [6.45, 7) is 0. The summed E-state index contributed by atoms with van der Waals surface area (Å²) < 4.78 is 11.8. The first-order valence-electron chi connectivity index (χ1n) is 21.6. The SMILES string of the molecule is c1ccc(-c2ccc3sc4cccc(-c5cc(-n6c7ccccc7c7cc(-c8ccc9c%10ccccc%10c%10ccccc%10c9c8)ccc76)cc6oc7ccccc7c56)c4c3c2)cc1. The molecule has 3 heterocycles. The number of fused-ring (bicyclic) bond motifs is 15. The number of para-hydroxylation sites is 2. The van der Waals surface area contributed by atoms with Crippen LogP contribution in [0.3, 0.4) is 0 Å². The van der Waals surface area contributed by atoms with Crippen LogP contribution in [0.1, 0.15) is 0 Å². The molecule has 3 heteroatoms. The number of nitrogens with zero attached hydrogens (tertiary/aromatic N) is 1. The highest BCUT2D eigenvalue weighted by molar-refractivity contribution is 7.26. The van der Waals surface area contributed by atoms with Gasteiger partial charge in [-0.1, -0.05) is 152 Å². The van der Waals surface area contributed by atoms with Crippen LogP contribution >= 0.6 is 11.3 Å². The van der Waals surface area contributed by atoms with E-state index in [0.717, 1.165) is 38.7 Å². The van der Waals surface area contributed by atoms with Crippen LogP contribution in [-0.4, -0.2) is 4.57 Å². The predicted octanol–water partition coefficient (Wildman–Crippen LogP) is 17.5. The van der Waals surface area contributed by atoms with Gasteiger partial charge in [0.25, 0.3) is 0 Å². The topological polar surface area (TPSA) is 18.1 Å². The molecule has 292 valence electrons. The number of thiophene rings is 1. The number of hydrogen-bond donors (Lipinski definition) is 0. The van der Waals surface area contributed by atoms with Crippen molar-refractivity contribution in [3.8, 4) is 39.1 Å². The number of aromatic nitrogens is 1. The standard InChI is InChI=1S/C60H35NOS/c1-2-13-36(14-3-1)37-27-30-57-52(33-37)60-47(21-12-24-58(60)63-57)51-34-40(35-56-59(51)48-20-9-11-23-55(48)62-56)61-53-22-10-8-19-46(53)50-32-39(26-29-54(50)61)38-25-28-45-43-17-5-4-15-41(43)42-16-6-7-18-44(42)49(45)31-38/h1-35H. The van der Waals surface area contributed by atoms with Crippen LogP contribution in [0.2, 0.25) is 0 Å². The third-order valence-electron chi connectivity index (χ3n) is 13.4. The molecular formula is C60H35NOS. The maximum absolute atomic E-state index is 6.79. The molecule has 11 aromatic carbocycles. The molecule has 0 saturated heterocycles. The van der Waals surface area contributed by atoms with E-state index in [4.69, 9.17) is 4.42 Å². The van der Waals surface area contributed by atoms with Crippen LogP contribution in [0.5, 0.6) is 0 Å². The van der Waals surface area contributed by atoms with E-state index in [-0.39, 0.29) is 0 Å². The Balaban J connectivity index is 1.00. The van der Waals surface area contributed by atoms with Gasteiger partial charge in [-0.15, -0.1) is 11.3 Å². The second kappa shape index (κ2) is 13.3. The molecule has 2 nitrogen and oxygen atoms in total. The predicted molar refractivity (Wildman–Crippen MR) is 270 cm³/mol. The lowest BCUT2D eigenvalue weighted by Crippen LogP contribution is -1.95. The van der Waals surface area contributed by atoms with Crippen molar-refractivity contribution in [2.75, 3.05) is 0 Å². The molecule has 0 amide bonds. The third-order valence-corrected chi connectivity index (χ3v) is 14.5. The Kier molecular flexibility index (Phi) is 7.30. The van der Waals surface area contributed by atoms with E-state index < -0.39 is 0 Å². The Morgan fingerprint density at radius 2 is 0.889 bits per heavy atom. The van der Waals surface area contributed by atoms with Crippen LogP contribution in [0.4, 0.5) is 0 Å². The van der Waals surface area contributed by atoms with Gasteiger partial charge in [0.15, 0.2) is 0 Å². The summed E-state index contributed by atoms with van der Waals surface area (Å²) in [6.07, 6.45) is 0. The molecule has 14 rings (SSSR count). The van der Waals surface area contributed by atoms with Crippen LogP contribution in [0, 0.1) is 0 Å². The fourth-order valence-electron chi connectivity index (χ4n) is 10.6. The van der Waals surface area contributed by atoms with E-state index in [1.54, 1.807) is 0 Å². The summed E-state index contributed by atoms with van der Waals surface area (Å²) >= 11 is 1.86. The van der Waals surface area contributed by atoms with Gasteiger partial charge in [0.05, 0.1) is 16.7 Å². The van der Waals surface area contributed by atoms with Crippen molar-refractivity contribution in [1.29, 1.82) is 0 Å². The summed E-state index contributed by atoms with van der Waals surface area (Å²) in [4.78, 5) is 0. The summed E-state index contributed by atoms with van der Waals surface area (Å²) in [5.41, 5.74) is 12.4. The molecule has 0 radical (unpaired) electrons. The van der Waals surface area contributed by atoms with Crippen molar-refractivity contribution in [3.63, 3.8) is 0 Å². The number of hydrogen-bond acceptors (Lipinski definition) is 2. The molecule has 14 aromatic rings. The lowest BCUT2D eigenvalue weighted by molar-refractivity contribution is 0.668. The molecule has 63 heavy (non-hydrogen) atoms. The van der Waals surface area contributed by atoms with Crippen molar-refractivity contribution in [2.45, 2.75) is 0 Å². The van der Waals surface area contributed by atoms with Crippen molar-refractivity contribution in [1.82, 2.24) is 4.57 Å². The Labute approximate surface area is 366 Å². The molecule has 0 saturated carbocycles. The van der Waals surface area contributed by atoms with Crippen LogP contribution in [0.25, 0.3) is 135 Å². The second-order valence-corrected chi connectivity index (χ2v) is 17.8. The molecule has 0 aliphatic heterocycles. The highest BCUT2D eigenvalue weighted by Gasteiger charge is 2.21. The molecule has 0 bridgehead atoms. The first-order chi connectivity index (χ1) is 31.2. The normalized spacial score (nSPS) is 12.1. The molecule has 0 aliphatic rings. The number of benzene rings is 11. The minimum absolute atomic E-state index is 0.878. The third kappa shape index (κ3) is 5.12. The van der Waals surface area contributed by atoms with Gasteiger partial charge in [-0.05, 0) is 120 Å². The summed E-state index contributed by atoms with van der Waals surface area (Å²) in [5, 5.41) is 15.0. The minimum Gasteiger partial charge on any atom is -0.456 e. The zero-order valence-corrected chi connectivity index (χ0v) is 34.8. The summed E-state index contributed by atoms with van der Waals surface area (Å²) in [7, 11) is 0. The fraction of sp³-hybridized carbons (Fsp3) is 0. The quantitative estimate of drug-likeness (QED) is 0.162. The van der Waals surface area contributed by atoms with Gasteiger partial charge >= 0.3 is 0 Å². The van der Waals surface area contributed by atoms with E-state index in [1.165, 1.54) is 96.6 Å². The molecule has 0 unspecified atom stereocenters. The molecule has 0 spiro atoms. The van der Waals surface area contributed by atoms with Gasteiger partial charge < -0.3 is 8.98 Å². The molecular weight excluding hydrogens is 783 g/mol. The van der Waals surface area contributed by atoms with Crippen LogP contribution < -0.4 is 0 Å². The molecule has 0 N–H and O–H groups in total. The lowest BCUT2D eigenvalue weighted by atomic mass is 9.92. The zero-order valence-electron chi connectivity index (χ0n) is 34.0. The Morgan fingerprint density at radius 3 is 1.68 bits per heavy atom. The molecule has 0 fully saturated rings. The largest absolute Gasteiger partial charge is 0.456 e. The fourth-order valence-corrected chi connectivity index (χ4v) is 11.7. The van der Waals surface area contributed by atoms with Crippen molar-refractivity contribution in [2.24, 2.45) is 0 Å². The number of furan rings is 1. The highest BCUT2D eigenvalue weighted by atomic mass is 32.1. The van der Waals surface area contributed by atoms with Crippen molar-refractivity contribution >= 4 is 108 Å². The highest BCUT2D eigenvalue weighted by Crippen LogP contribution is 2.47. The summed E-state index contributed by atoms with van der Waals surface area (Å²) in [6, 6.07) is 78.0. The van der Waals surface area contributed by atoms with Crippen LogP contribution in [-0.2, 0) is 0 Å². The monoisotopic (exact) mass is 817 g/mol. The van der Waals surface area contributed by atoms with Gasteiger partial charge in [0.1, 0.15) is 11.2 Å². The van der Waals surface area contributed by atoms with Crippen LogP contribution in [0.15, 0.2) is 217 Å². The van der Waals surface area contributed by atoms with E-state index in [9.17, 15) is 0 Å². The van der Waals surface area contributed by atoms with Gasteiger partial charge in [-0.25, -0.2) is 0 Å². The second-order valence-electron chi connectivity index (χ2n) is 16.8. The zero-order chi connectivity index (χ0) is 41.2. The van der Waals surface area contributed by atoms with Gasteiger partial charge in [-0.2, -0.15) is 0 Å². The first-order valence-corrected chi connectivity index (χ1v) is 22.4. The van der Waals surface area contributed by atoms with Gasteiger partial charge in [-0.3, -0.25) is 0 Å². The van der Waals surface area contributed by atoms with E-state index >= 15 is 0 Å². The Hall–Kier alpha value is -7.98. The smallest absolute Gasteiger partial charge is 0.138 e. The molecule has 3 aromatic heterocycles. The van der Waals surface area contributed by atoms with Gasteiger partial charge in [0.2, 0.25) is 0 Å². The Morgan fingerprint density at radius 1 is 0.302 bits per heavy atom. The average Bonchev–Trinajstić information content (AvgIpc) is 4.03. The maximum Gasteiger partial charge on any atom is 0.138 e. The van der Waals surface area contributed by atoms with Crippen molar-refractivity contribution in [3.05, 3.63) is 212 Å². The number of rotatable bonds is 4. The Bertz CT molecular complexity index is 4170. The summed E-state index contributed by atoms with van der Waals surface area (Å²) in [5.74, 6) is 0. The maximum atomic E-state index is 6.79. The minimum atomic E-state index is 0.878. The lowest BCUT2D eigenvalue weighted by Gasteiger charge is -2.14.